The van der Waals surface area contributed by atoms with E-state index in [1.807, 2.05) is 30.0 Å². The van der Waals surface area contributed by atoms with Gasteiger partial charge < -0.3 is 19.4 Å². The number of nitrogens with one attached hydrogen (secondary N) is 1. The Morgan fingerprint density at radius 2 is 2.08 bits per heavy atom. The van der Waals surface area contributed by atoms with Crippen LogP contribution in [0.5, 0.6) is 0 Å². The standard InChI is InChI=1S/C19H26N4O2/c1-4-5-10-23-13-16(15-6-9-20-17(15)19(23)25)18(24)22-11-7-14(8-12-22)21(2)3/h4-6,9,13-14,20H,7-8,10-12H2,1-3H3/b5-4+. The molecule has 0 aliphatic carbocycles. The number of carbonyl (C=O) groups is 1. The molecule has 1 saturated heterocycles. The Hall–Kier alpha value is -2.34. The zero-order valence-electron chi connectivity index (χ0n) is 15.2. The molecule has 6 nitrogen and oxygen atoms in total. The van der Waals surface area contributed by atoms with Gasteiger partial charge in [-0.1, -0.05) is 12.2 Å². The first-order valence-electron chi connectivity index (χ1n) is 8.80. The minimum atomic E-state index is -0.0963. The van der Waals surface area contributed by atoms with Gasteiger partial charge in [0.2, 0.25) is 0 Å². The van der Waals surface area contributed by atoms with Crippen LogP contribution in [0.1, 0.15) is 30.1 Å². The molecule has 0 spiro atoms. The lowest BCUT2D eigenvalue weighted by atomic mass is 10.0. The van der Waals surface area contributed by atoms with Gasteiger partial charge in [-0.15, -0.1) is 0 Å². The molecule has 1 aliphatic heterocycles. The van der Waals surface area contributed by atoms with E-state index in [0.29, 0.717) is 29.1 Å². The Kier molecular flexibility index (Phi) is 5.08. The molecule has 3 rings (SSSR count). The number of piperidine rings is 1. The van der Waals surface area contributed by atoms with E-state index in [1.165, 1.54) is 0 Å². The molecular formula is C19H26N4O2. The first-order chi connectivity index (χ1) is 12.0. The van der Waals surface area contributed by atoms with Crippen molar-refractivity contribution >= 4 is 16.8 Å². The number of fused-ring (bicyclic) bond motifs is 1. The number of pyridine rings is 1. The number of amides is 1. The fourth-order valence-corrected chi connectivity index (χ4v) is 3.48. The lowest BCUT2D eigenvalue weighted by Crippen LogP contribution is -2.44. The van der Waals surface area contributed by atoms with Crippen molar-refractivity contribution in [2.24, 2.45) is 0 Å². The van der Waals surface area contributed by atoms with E-state index in [0.717, 1.165) is 25.9 Å². The molecule has 2 aromatic rings. The van der Waals surface area contributed by atoms with Gasteiger partial charge in [0.25, 0.3) is 11.5 Å². The molecule has 1 N–H and O–H groups in total. The summed E-state index contributed by atoms with van der Waals surface area (Å²) >= 11 is 0. The summed E-state index contributed by atoms with van der Waals surface area (Å²) in [6.07, 6.45) is 9.20. The van der Waals surface area contributed by atoms with E-state index in [2.05, 4.69) is 24.0 Å². The summed E-state index contributed by atoms with van der Waals surface area (Å²) < 4.78 is 1.60. The van der Waals surface area contributed by atoms with Crippen LogP contribution in [-0.2, 0) is 6.54 Å². The normalized spacial score (nSPS) is 16.4. The van der Waals surface area contributed by atoms with Crippen molar-refractivity contribution in [3.63, 3.8) is 0 Å². The zero-order valence-corrected chi connectivity index (χ0v) is 15.2. The molecule has 25 heavy (non-hydrogen) atoms. The van der Waals surface area contributed by atoms with Gasteiger partial charge in [0.15, 0.2) is 0 Å². The Morgan fingerprint density at radius 1 is 1.36 bits per heavy atom. The topological polar surface area (TPSA) is 61.3 Å². The number of hydrogen-bond acceptors (Lipinski definition) is 3. The number of hydrogen-bond donors (Lipinski definition) is 1. The molecule has 0 bridgehead atoms. The monoisotopic (exact) mass is 342 g/mol. The summed E-state index contributed by atoms with van der Waals surface area (Å²) in [4.78, 5) is 32.7. The molecule has 1 fully saturated rings. The van der Waals surface area contributed by atoms with Gasteiger partial charge in [-0.25, -0.2) is 0 Å². The summed E-state index contributed by atoms with van der Waals surface area (Å²) in [6.45, 7) is 3.88. The SMILES string of the molecule is C/C=C/Cn1cc(C(=O)N2CCC(N(C)C)CC2)c2cc[nH]c2c1=O. The van der Waals surface area contributed by atoms with Gasteiger partial charge in [0.1, 0.15) is 5.52 Å². The average molecular weight is 342 g/mol. The molecule has 6 heteroatoms. The summed E-state index contributed by atoms with van der Waals surface area (Å²) in [5.74, 6) is 0.0102. The summed E-state index contributed by atoms with van der Waals surface area (Å²) in [5, 5.41) is 0.710. The van der Waals surface area contributed by atoms with Crippen LogP contribution < -0.4 is 5.56 Å². The smallest absolute Gasteiger partial charge is 0.275 e. The molecule has 0 radical (unpaired) electrons. The summed E-state index contributed by atoms with van der Waals surface area (Å²) in [7, 11) is 4.17. The Labute approximate surface area is 147 Å². The van der Waals surface area contributed by atoms with E-state index >= 15 is 0 Å². The summed E-state index contributed by atoms with van der Waals surface area (Å²) in [6, 6.07) is 2.34. The van der Waals surface area contributed by atoms with Crippen molar-refractivity contribution in [1.82, 2.24) is 19.4 Å². The molecule has 0 aromatic carbocycles. The highest BCUT2D eigenvalue weighted by atomic mass is 16.2. The van der Waals surface area contributed by atoms with Crippen LogP contribution >= 0.6 is 0 Å². The number of nitrogens with zero attached hydrogens (tertiary/aromatic N) is 3. The number of aromatic amines is 1. The van der Waals surface area contributed by atoms with Crippen LogP contribution in [0, 0.1) is 0 Å². The molecule has 0 unspecified atom stereocenters. The van der Waals surface area contributed by atoms with Crippen molar-refractivity contribution in [3.05, 3.63) is 46.5 Å². The van der Waals surface area contributed by atoms with Crippen LogP contribution in [0.4, 0.5) is 0 Å². The first kappa shape index (κ1) is 17.5. The molecule has 134 valence electrons. The average Bonchev–Trinajstić information content (AvgIpc) is 3.11. The third-order valence-electron chi connectivity index (χ3n) is 5.05. The Balaban J connectivity index is 1.92. The van der Waals surface area contributed by atoms with Crippen LogP contribution in [-0.4, -0.2) is 58.5 Å². The molecule has 2 aromatic heterocycles. The van der Waals surface area contributed by atoms with Gasteiger partial charge in [-0.05, 0) is 39.9 Å². The molecule has 0 saturated carbocycles. The van der Waals surface area contributed by atoms with Crippen LogP contribution in [0.25, 0.3) is 10.9 Å². The van der Waals surface area contributed by atoms with Gasteiger partial charge in [0.05, 0.1) is 5.56 Å². The maximum Gasteiger partial charge on any atom is 0.275 e. The summed E-state index contributed by atoms with van der Waals surface area (Å²) in [5.41, 5.74) is 1.00. The Morgan fingerprint density at radius 3 is 2.72 bits per heavy atom. The fraction of sp³-hybridized carbons (Fsp3) is 0.474. The van der Waals surface area contributed by atoms with E-state index in [1.54, 1.807) is 17.0 Å². The lowest BCUT2D eigenvalue weighted by molar-refractivity contribution is 0.0664. The highest BCUT2D eigenvalue weighted by Crippen LogP contribution is 2.20. The van der Waals surface area contributed by atoms with E-state index in [-0.39, 0.29) is 11.5 Å². The van der Waals surface area contributed by atoms with E-state index in [9.17, 15) is 9.59 Å². The van der Waals surface area contributed by atoms with Crippen molar-refractivity contribution in [3.8, 4) is 0 Å². The van der Waals surface area contributed by atoms with E-state index < -0.39 is 0 Å². The molecule has 1 aliphatic rings. The fourth-order valence-electron chi connectivity index (χ4n) is 3.48. The predicted octanol–water partition coefficient (Wildman–Crippen LogP) is 2.07. The maximum absolute atomic E-state index is 13.1. The molecule has 1 amide bonds. The molecule has 3 heterocycles. The Bertz CT molecular complexity index is 839. The predicted molar refractivity (Wildman–Crippen MR) is 100.0 cm³/mol. The number of aromatic nitrogens is 2. The second kappa shape index (κ2) is 7.27. The minimum Gasteiger partial charge on any atom is -0.357 e. The number of rotatable bonds is 4. The zero-order chi connectivity index (χ0) is 18.0. The van der Waals surface area contributed by atoms with Crippen molar-refractivity contribution in [2.45, 2.75) is 32.4 Å². The van der Waals surface area contributed by atoms with Crippen LogP contribution in [0.3, 0.4) is 0 Å². The third-order valence-corrected chi connectivity index (χ3v) is 5.05. The minimum absolute atomic E-state index is 0.0102. The van der Waals surface area contributed by atoms with Crippen molar-refractivity contribution < 1.29 is 4.79 Å². The maximum atomic E-state index is 13.1. The van der Waals surface area contributed by atoms with Crippen LogP contribution in [0.15, 0.2) is 35.4 Å². The quantitative estimate of drug-likeness (QED) is 0.866. The van der Waals surface area contributed by atoms with Crippen LogP contribution in [0.2, 0.25) is 0 Å². The first-order valence-corrected chi connectivity index (χ1v) is 8.80. The van der Waals surface area contributed by atoms with E-state index in [4.69, 9.17) is 0 Å². The number of likely N-dealkylation sites (tertiary alicyclic amines) is 1. The second-order valence-corrected chi connectivity index (χ2v) is 6.82. The lowest BCUT2D eigenvalue weighted by Gasteiger charge is -2.35. The van der Waals surface area contributed by atoms with Gasteiger partial charge in [-0.2, -0.15) is 0 Å². The molecule has 0 atom stereocenters. The van der Waals surface area contributed by atoms with Gasteiger partial charge in [-0.3, -0.25) is 9.59 Å². The number of carbonyl (C=O) groups excluding carboxylic acids is 1. The second-order valence-electron chi connectivity index (χ2n) is 6.82. The van der Waals surface area contributed by atoms with Gasteiger partial charge in [0, 0.05) is 43.5 Å². The highest BCUT2D eigenvalue weighted by molar-refractivity contribution is 6.05. The van der Waals surface area contributed by atoms with Crippen molar-refractivity contribution in [2.75, 3.05) is 27.2 Å². The number of H-pyrrole nitrogens is 1. The molecular weight excluding hydrogens is 316 g/mol. The van der Waals surface area contributed by atoms with Crippen molar-refractivity contribution in [1.29, 1.82) is 0 Å². The third kappa shape index (κ3) is 3.39. The number of allylic oxidation sites excluding steroid dienone is 2. The highest BCUT2D eigenvalue weighted by Gasteiger charge is 2.26. The van der Waals surface area contributed by atoms with Gasteiger partial charge >= 0.3 is 0 Å². The largest absolute Gasteiger partial charge is 0.357 e.